The van der Waals surface area contributed by atoms with E-state index in [2.05, 4.69) is 78.9 Å². The average Bonchev–Trinajstić information content (AvgIpc) is 3.30. The van der Waals surface area contributed by atoms with E-state index in [0.29, 0.717) is 0 Å². The molecule has 1 heterocycles. The van der Waals surface area contributed by atoms with Crippen LogP contribution in [0.15, 0.2) is 108 Å². The molecule has 1 aromatic heterocycles. The summed E-state index contributed by atoms with van der Waals surface area (Å²) >= 11 is 6.91. The molecule has 0 amide bonds. The van der Waals surface area contributed by atoms with Gasteiger partial charge in [-0.1, -0.05) is 103 Å². The molecule has 5 aromatic rings. The molecule has 4 aromatic carbocycles. The van der Waals surface area contributed by atoms with E-state index >= 15 is 0 Å². The van der Waals surface area contributed by atoms with Gasteiger partial charge in [-0.05, 0) is 23.3 Å². The number of para-hydroxylation sites is 1. The van der Waals surface area contributed by atoms with Crippen LogP contribution in [0.2, 0.25) is 5.02 Å². The molecule has 0 fully saturated rings. The van der Waals surface area contributed by atoms with Crippen molar-refractivity contribution in [3.8, 4) is 11.3 Å². The first-order valence-electron chi connectivity index (χ1n) is 9.74. The van der Waals surface area contributed by atoms with Crippen molar-refractivity contribution in [1.82, 2.24) is 0 Å². The molecule has 0 spiro atoms. The van der Waals surface area contributed by atoms with Crippen molar-refractivity contribution in [2.24, 2.45) is 0 Å². The topological polar surface area (TPSA) is 13.1 Å². The summed E-state index contributed by atoms with van der Waals surface area (Å²) in [5.41, 5.74) is 6.08. The number of benzene rings is 4. The largest absolute Gasteiger partial charge is 0.456 e. The second-order valence-corrected chi connectivity index (χ2v) is 7.85. The second-order valence-electron chi connectivity index (χ2n) is 7.45. The first kappa shape index (κ1) is 16.6. The monoisotopic (exact) mass is 392 g/mol. The van der Waals surface area contributed by atoms with Gasteiger partial charge in [-0.3, -0.25) is 0 Å². The Morgan fingerprint density at radius 2 is 1.21 bits per heavy atom. The van der Waals surface area contributed by atoms with Crippen molar-refractivity contribution >= 4 is 22.6 Å². The highest BCUT2D eigenvalue weighted by Crippen LogP contribution is 2.60. The Kier molecular flexibility index (Phi) is 3.50. The summed E-state index contributed by atoms with van der Waals surface area (Å²) < 4.78 is 6.43. The van der Waals surface area contributed by atoms with Crippen molar-refractivity contribution in [2.45, 2.75) is 5.41 Å². The zero-order valence-electron chi connectivity index (χ0n) is 15.6. The summed E-state index contributed by atoms with van der Waals surface area (Å²) in [4.78, 5) is 0. The van der Waals surface area contributed by atoms with Gasteiger partial charge >= 0.3 is 0 Å². The molecule has 6 rings (SSSR count). The molecule has 1 aliphatic carbocycles. The fraction of sp³-hybridized carbons (Fsp3) is 0.0370. The molecule has 0 radical (unpaired) electrons. The third-order valence-electron chi connectivity index (χ3n) is 6.02. The molecular weight excluding hydrogens is 376 g/mol. The maximum Gasteiger partial charge on any atom is 0.140 e. The molecular formula is C27H17ClO. The van der Waals surface area contributed by atoms with E-state index < -0.39 is 5.41 Å². The maximum atomic E-state index is 6.91. The molecule has 0 bridgehead atoms. The quantitative estimate of drug-likeness (QED) is 0.298. The first-order chi connectivity index (χ1) is 14.3. The van der Waals surface area contributed by atoms with Crippen molar-refractivity contribution in [2.75, 3.05) is 0 Å². The van der Waals surface area contributed by atoms with Crippen LogP contribution in [0.3, 0.4) is 0 Å². The molecule has 0 atom stereocenters. The molecule has 2 heteroatoms. The zero-order chi connectivity index (χ0) is 19.4. The van der Waals surface area contributed by atoms with Crippen LogP contribution in [0.25, 0.3) is 22.3 Å². The SMILES string of the molecule is Clc1cccc2c1C(c1ccccc1)(c1ccccc1)c1c-2oc2ccccc12. The van der Waals surface area contributed by atoms with Gasteiger partial charge in [0, 0.05) is 27.1 Å². The second kappa shape index (κ2) is 6.10. The van der Waals surface area contributed by atoms with Crippen LogP contribution < -0.4 is 0 Å². The van der Waals surface area contributed by atoms with Gasteiger partial charge in [0.1, 0.15) is 11.3 Å². The Bertz CT molecular complexity index is 1310. The van der Waals surface area contributed by atoms with Crippen molar-refractivity contribution in [3.63, 3.8) is 0 Å². The Hall–Kier alpha value is -3.29. The normalized spacial score (nSPS) is 14.0. The van der Waals surface area contributed by atoms with Crippen LogP contribution in [-0.4, -0.2) is 0 Å². The van der Waals surface area contributed by atoms with Crippen LogP contribution in [0.1, 0.15) is 22.3 Å². The minimum absolute atomic E-state index is 0.530. The highest BCUT2D eigenvalue weighted by molar-refractivity contribution is 6.32. The van der Waals surface area contributed by atoms with Crippen molar-refractivity contribution < 1.29 is 4.42 Å². The minimum Gasteiger partial charge on any atom is -0.456 e. The Morgan fingerprint density at radius 3 is 1.90 bits per heavy atom. The standard InChI is InChI=1S/C27H17ClO/c28-22-16-9-15-21-24(22)27(18-10-3-1-4-11-18,19-12-5-2-6-13-19)25-20-14-7-8-17-23(20)29-26(21)25/h1-17H. The van der Waals surface area contributed by atoms with Crippen LogP contribution in [-0.2, 0) is 5.41 Å². The fourth-order valence-electron chi connectivity index (χ4n) is 4.95. The molecule has 1 aliphatic rings. The van der Waals surface area contributed by atoms with E-state index in [9.17, 15) is 0 Å². The van der Waals surface area contributed by atoms with Crippen LogP contribution in [0.4, 0.5) is 0 Å². The Balaban J connectivity index is 1.89. The first-order valence-corrected chi connectivity index (χ1v) is 10.1. The zero-order valence-corrected chi connectivity index (χ0v) is 16.4. The number of hydrogen-bond acceptors (Lipinski definition) is 1. The van der Waals surface area contributed by atoms with E-state index in [-0.39, 0.29) is 0 Å². The highest BCUT2D eigenvalue weighted by atomic mass is 35.5. The van der Waals surface area contributed by atoms with E-state index in [4.69, 9.17) is 16.0 Å². The van der Waals surface area contributed by atoms with Gasteiger partial charge in [-0.2, -0.15) is 0 Å². The van der Waals surface area contributed by atoms with Gasteiger partial charge in [0.2, 0.25) is 0 Å². The van der Waals surface area contributed by atoms with Crippen LogP contribution in [0.5, 0.6) is 0 Å². The van der Waals surface area contributed by atoms with E-state index in [0.717, 1.165) is 32.9 Å². The summed E-state index contributed by atoms with van der Waals surface area (Å²) in [6, 6.07) is 35.6. The molecule has 29 heavy (non-hydrogen) atoms. The van der Waals surface area contributed by atoms with E-state index in [1.54, 1.807) is 0 Å². The molecule has 138 valence electrons. The summed E-state index contributed by atoms with van der Waals surface area (Å²) in [5.74, 6) is 0.913. The van der Waals surface area contributed by atoms with Gasteiger partial charge in [0.15, 0.2) is 0 Å². The molecule has 0 saturated carbocycles. The van der Waals surface area contributed by atoms with Gasteiger partial charge in [-0.15, -0.1) is 0 Å². The molecule has 0 unspecified atom stereocenters. The average molecular weight is 393 g/mol. The molecule has 0 saturated heterocycles. The fourth-order valence-corrected chi connectivity index (χ4v) is 5.26. The number of rotatable bonds is 2. The lowest BCUT2D eigenvalue weighted by atomic mass is 9.67. The maximum absolute atomic E-state index is 6.91. The van der Waals surface area contributed by atoms with Gasteiger partial charge in [-0.25, -0.2) is 0 Å². The van der Waals surface area contributed by atoms with Crippen LogP contribution in [0, 0.1) is 0 Å². The van der Waals surface area contributed by atoms with E-state index in [1.807, 2.05) is 24.3 Å². The number of halogens is 1. The van der Waals surface area contributed by atoms with Gasteiger partial charge in [0.25, 0.3) is 0 Å². The summed E-state index contributed by atoms with van der Waals surface area (Å²) in [7, 11) is 0. The Labute approximate surface area is 174 Å². The summed E-state index contributed by atoms with van der Waals surface area (Å²) in [5, 5.41) is 1.88. The predicted molar refractivity (Wildman–Crippen MR) is 119 cm³/mol. The molecule has 1 nitrogen and oxygen atoms in total. The number of fused-ring (bicyclic) bond motifs is 5. The minimum atomic E-state index is -0.530. The van der Waals surface area contributed by atoms with Gasteiger partial charge < -0.3 is 4.42 Å². The lowest BCUT2D eigenvalue weighted by Crippen LogP contribution is -2.28. The predicted octanol–water partition coefficient (Wildman–Crippen LogP) is 7.45. The number of hydrogen-bond donors (Lipinski definition) is 0. The number of furan rings is 1. The van der Waals surface area contributed by atoms with Crippen molar-refractivity contribution in [3.05, 3.63) is 130 Å². The van der Waals surface area contributed by atoms with E-state index in [1.165, 1.54) is 16.7 Å². The third-order valence-corrected chi connectivity index (χ3v) is 6.33. The smallest absolute Gasteiger partial charge is 0.140 e. The van der Waals surface area contributed by atoms with Crippen molar-refractivity contribution in [1.29, 1.82) is 0 Å². The lowest BCUT2D eigenvalue weighted by molar-refractivity contribution is 0.628. The van der Waals surface area contributed by atoms with Gasteiger partial charge in [0.05, 0.1) is 5.41 Å². The highest BCUT2D eigenvalue weighted by Gasteiger charge is 2.50. The molecule has 0 aliphatic heterocycles. The Morgan fingerprint density at radius 1 is 0.586 bits per heavy atom. The summed E-state index contributed by atoms with van der Waals surface area (Å²) in [6.07, 6.45) is 0. The third kappa shape index (κ3) is 2.11. The molecule has 0 N–H and O–H groups in total. The lowest BCUT2D eigenvalue weighted by Gasteiger charge is -2.33. The van der Waals surface area contributed by atoms with Crippen LogP contribution >= 0.6 is 11.6 Å². The summed E-state index contributed by atoms with van der Waals surface area (Å²) in [6.45, 7) is 0.